The maximum atomic E-state index is 13.3. The molecule has 9 heteroatoms. The van der Waals surface area contributed by atoms with Crippen molar-refractivity contribution in [2.24, 2.45) is 10.1 Å². The van der Waals surface area contributed by atoms with E-state index in [1.807, 2.05) is 48.7 Å². The standard InChI is InChI=1S/C24H17ClFN5OS/c1-13-11-16(14(2)30(13)20-6-4-3-5-19(20)25)12-18-21(27)31-24(28-22(18)32)33-23(29-31)15-7-9-17(26)10-8-15/h3-12,27H,1-2H3. The van der Waals surface area contributed by atoms with Gasteiger partial charge in [-0.3, -0.25) is 10.2 Å². The van der Waals surface area contributed by atoms with E-state index in [2.05, 4.69) is 10.1 Å². The number of hydrogen-bond donors (Lipinski definition) is 1. The van der Waals surface area contributed by atoms with Crippen LogP contribution in [0.5, 0.6) is 0 Å². The van der Waals surface area contributed by atoms with Gasteiger partial charge in [-0.2, -0.15) is 15.1 Å². The summed E-state index contributed by atoms with van der Waals surface area (Å²) in [6.07, 6.45) is 1.66. The van der Waals surface area contributed by atoms with Crippen LogP contribution in [0.4, 0.5) is 4.39 Å². The van der Waals surface area contributed by atoms with Crippen molar-refractivity contribution in [2.45, 2.75) is 13.8 Å². The lowest BCUT2D eigenvalue weighted by Crippen LogP contribution is -2.35. The van der Waals surface area contributed by atoms with Gasteiger partial charge in [0.2, 0.25) is 5.17 Å². The van der Waals surface area contributed by atoms with Crippen molar-refractivity contribution in [1.29, 1.82) is 5.41 Å². The molecule has 6 nitrogen and oxygen atoms in total. The lowest BCUT2D eigenvalue weighted by Gasteiger charge is -2.20. The third-order valence-corrected chi connectivity index (χ3v) is 6.69. The van der Waals surface area contributed by atoms with Crippen LogP contribution in [0.15, 0.2) is 70.3 Å². The molecule has 0 bridgehead atoms. The average Bonchev–Trinajstić information content (AvgIpc) is 3.33. The van der Waals surface area contributed by atoms with Crippen molar-refractivity contribution in [3.05, 3.63) is 93.5 Å². The first-order valence-electron chi connectivity index (χ1n) is 10.0. The number of para-hydroxylation sites is 1. The molecule has 0 spiro atoms. The molecule has 3 aromatic rings. The number of benzene rings is 2. The summed E-state index contributed by atoms with van der Waals surface area (Å²) in [6, 6.07) is 15.4. The Balaban J connectivity index is 1.52. The van der Waals surface area contributed by atoms with E-state index in [4.69, 9.17) is 17.0 Å². The van der Waals surface area contributed by atoms with Crippen molar-refractivity contribution >= 4 is 51.4 Å². The molecule has 0 saturated carbocycles. The summed E-state index contributed by atoms with van der Waals surface area (Å²) < 4.78 is 15.3. The van der Waals surface area contributed by atoms with Gasteiger partial charge >= 0.3 is 0 Å². The van der Waals surface area contributed by atoms with E-state index in [0.717, 1.165) is 22.6 Å². The third kappa shape index (κ3) is 3.71. The minimum absolute atomic E-state index is 0.0582. The fourth-order valence-electron chi connectivity index (χ4n) is 3.79. The Hall–Kier alpha value is -3.49. The normalized spacial score (nSPS) is 16.8. The molecule has 1 amide bonds. The van der Waals surface area contributed by atoms with Gasteiger partial charge < -0.3 is 4.57 Å². The predicted molar refractivity (Wildman–Crippen MR) is 131 cm³/mol. The summed E-state index contributed by atoms with van der Waals surface area (Å²) in [6.45, 7) is 3.89. The van der Waals surface area contributed by atoms with Gasteiger partial charge in [0.25, 0.3) is 5.91 Å². The van der Waals surface area contributed by atoms with Crippen LogP contribution >= 0.6 is 23.4 Å². The molecule has 1 aromatic heterocycles. The van der Waals surface area contributed by atoms with E-state index >= 15 is 0 Å². The Morgan fingerprint density at radius 2 is 1.85 bits per heavy atom. The molecule has 0 aliphatic carbocycles. The molecule has 2 aliphatic heterocycles. The Morgan fingerprint density at radius 3 is 2.58 bits per heavy atom. The van der Waals surface area contributed by atoms with Crippen LogP contribution in [0, 0.1) is 25.1 Å². The second-order valence-corrected chi connectivity index (χ2v) is 8.91. The Kier molecular flexibility index (Phi) is 5.26. The van der Waals surface area contributed by atoms with Gasteiger partial charge in [-0.15, -0.1) is 0 Å². The van der Waals surface area contributed by atoms with Crippen molar-refractivity contribution in [1.82, 2.24) is 9.58 Å². The topological polar surface area (TPSA) is 73.8 Å². The van der Waals surface area contributed by atoms with Crippen molar-refractivity contribution in [2.75, 3.05) is 0 Å². The minimum Gasteiger partial charge on any atom is -0.316 e. The van der Waals surface area contributed by atoms with Crippen LogP contribution in [0.25, 0.3) is 11.8 Å². The highest BCUT2D eigenvalue weighted by molar-refractivity contribution is 8.27. The van der Waals surface area contributed by atoms with Gasteiger partial charge in [-0.25, -0.2) is 4.39 Å². The van der Waals surface area contributed by atoms with E-state index in [1.165, 1.54) is 28.9 Å². The van der Waals surface area contributed by atoms with E-state index in [0.29, 0.717) is 20.8 Å². The van der Waals surface area contributed by atoms with Crippen LogP contribution in [-0.4, -0.2) is 31.5 Å². The fraction of sp³-hybridized carbons (Fsp3) is 0.0833. The second-order valence-electron chi connectivity index (χ2n) is 7.55. The molecule has 33 heavy (non-hydrogen) atoms. The van der Waals surface area contributed by atoms with Crippen LogP contribution in [0.2, 0.25) is 5.02 Å². The van der Waals surface area contributed by atoms with E-state index in [1.54, 1.807) is 18.2 Å². The molecule has 0 saturated heterocycles. The molecule has 0 atom stereocenters. The molecule has 0 unspecified atom stereocenters. The summed E-state index contributed by atoms with van der Waals surface area (Å²) in [4.78, 5) is 16.9. The number of halogens is 2. The quantitative estimate of drug-likeness (QED) is 0.502. The van der Waals surface area contributed by atoms with Gasteiger partial charge in [0, 0.05) is 17.0 Å². The summed E-state index contributed by atoms with van der Waals surface area (Å²) in [5.41, 5.74) is 4.28. The first-order chi connectivity index (χ1) is 15.8. The molecule has 1 N–H and O–H groups in total. The molecule has 0 radical (unpaired) electrons. The molecular formula is C24H17ClFN5OS. The molecule has 2 aliphatic rings. The maximum absolute atomic E-state index is 13.3. The summed E-state index contributed by atoms with van der Waals surface area (Å²) in [7, 11) is 0. The molecule has 2 aromatic carbocycles. The monoisotopic (exact) mass is 477 g/mol. The molecule has 3 heterocycles. The van der Waals surface area contributed by atoms with Crippen molar-refractivity contribution < 1.29 is 9.18 Å². The number of amides is 1. The zero-order valence-corrected chi connectivity index (χ0v) is 19.2. The SMILES string of the molecule is Cc1cc(C=C2C(=N)N3N=C(c4ccc(F)cc4)SC3=NC2=O)c(C)n1-c1ccccc1Cl. The summed E-state index contributed by atoms with van der Waals surface area (Å²) in [5.74, 6) is -0.908. The largest absolute Gasteiger partial charge is 0.316 e. The third-order valence-electron chi connectivity index (χ3n) is 5.41. The second kappa shape index (κ2) is 8.13. The first kappa shape index (κ1) is 21.4. The summed E-state index contributed by atoms with van der Waals surface area (Å²) >= 11 is 7.57. The van der Waals surface area contributed by atoms with Crippen LogP contribution in [-0.2, 0) is 4.79 Å². The highest BCUT2D eigenvalue weighted by atomic mass is 35.5. The number of aliphatic imine (C=N–C) groups is 1. The Morgan fingerprint density at radius 1 is 1.12 bits per heavy atom. The summed E-state index contributed by atoms with van der Waals surface area (Å²) in [5, 5.41) is 15.9. The van der Waals surface area contributed by atoms with Gasteiger partial charge in [0.15, 0.2) is 5.84 Å². The van der Waals surface area contributed by atoms with Crippen molar-refractivity contribution in [3.63, 3.8) is 0 Å². The lowest BCUT2D eigenvalue weighted by atomic mass is 10.1. The van der Waals surface area contributed by atoms with Gasteiger partial charge in [-0.1, -0.05) is 23.7 Å². The molecular weight excluding hydrogens is 461 g/mol. The number of hydrazone groups is 1. The van der Waals surface area contributed by atoms with E-state index in [-0.39, 0.29) is 17.2 Å². The highest BCUT2D eigenvalue weighted by Crippen LogP contribution is 2.32. The number of rotatable bonds is 3. The number of carbonyl (C=O) groups excluding carboxylic acids is 1. The Bertz CT molecular complexity index is 1420. The molecule has 5 rings (SSSR count). The van der Waals surface area contributed by atoms with E-state index < -0.39 is 5.91 Å². The van der Waals surface area contributed by atoms with E-state index in [9.17, 15) is 9.18 Å². The molecule has 0 fully saturated rings. The number of aryl methyl sites for hydroxylation is 1. The number of fused-ring (bicyclic) bond motifs is 1. The molecule has 164 valence electrons. The Labute approximate surface area is 198 Å². The van der Waals surface area contributed by atoms with Crippen LogP contribution in [0.3, 0.4) is 0 Å². The highest BCUT2D eigenvalue weighted by Gasteiger charge is 2.36. The van der Waals surface area contributed by atoms with Crippen molar-refractivity contribution in [3.8, 4) is 5.69 Å². The predicted octanol–water partition coefficient (Wildman–Crippen LogP) is 5.55. The number of nitrogens with zero attached hydrogens (tertiary/aromatic N) is 4. The number of hydrogen-bond acceptors (Lipinski definition) is 4. The van der Waals surface area contributed by atoms with Gasteiger partial charge in [0.1, 0.15) is 10.9 Å². The fourth-order valence-corrected chi connectivity index (χ4v) is 4.91. The zero-order chi connectivity index (χ0) is 23.3. The van der Waals surface area contributed by atoms with Crippen LogP contribution < -0.4 is 0 Å². The maximum Gasteiger partial charge on any atom is 0.283 e. The number of thioether (sulfide) groups is 1. The smallest absolute Gasteiger partial charge is 0.283 e. The van der Waals surface area contributed by atoms with Gasteiger partial charge in [0.05, 0.1) is 16.3 Å². The number of aromatic nitrogens is 1. The lowest BCUT2D eigenvalue weighted by molar-refractivity contribution is -0.114. The average molecular weight is 478 g/mol. The number of carbonyl (C=O) groups is 1. The number of amidine groups is 2. The number of nitrogens with one attached hydrogen (secondary N) is 1. The first-order valence-corrected chi connectivity index (χ1v) is 11.2. The van der Waals surface area contributed by atoms with Gasteiger partial charge in [-0.05, 0) is 79.7 Å². The minimum atomic E-state index is -0.503. The zero-order valence-electron chi connectivity index (χ0n) is 17.6. The van der Waals surface area contributed by atoms with Crippen LogP contribution in [0.1, 0.15) is 22.5 Å².